The van der Waals surface area contributed by atoms with E-state index in [1.807, 2.05) is 44.2 Å². The van der Waals surface area contributed by atoms with Crippen LogP contribution < -0.4 is 15.2 Å². The van der Waals surface area contributed by atoms with Crippen molar-refractivity contribution in [1.29, 1.82) is 0 Å². The van der Waals surface area contributed by atoms with Gasteiger partial charge in [-0.15, -0.1) is 0 Å². The van der Waals surface area contributed by atoms with E-state index in [-0.39, 0.29) is 0 Å². The fraction of sp³-hybridized carbons (Fsp3) is 0.200. The Morgan fingerprint density at radius 1 is 1.00 bits per heavy atom. The Labute approximate surface area is 107 Å². The third-order valence-corrected chi connectivity index (χ3v) is 2.44. The monoisotopic (exact) mass is 243 g/mol. The first-order valence-electron chi connectivity index (χ1n) is 5.95. The van der Waals surface area contributed by atoms with Crippen LogP contribution in [0.15, 0.2) is 42.5 Å². The second-order valence-corrected chi connectivity index (χ2v) is 4.09. The molecule has 2 rings (SSSR count). The molecule has 0 unspecified atom stereocenters. The van der Waals surface area contributed by atoms with Crippen molar-refractivity contribution >= 4 is 5.69 Å². The Morgan fingerprint density at radius 3 is 2.50 bits per heavy atom. The molecule has 0 atom stereocenters. The molecule has 3 nitrogen and oxygen atoms in total. The molecule has 2 aromatic carbocycles. The van der Waals surface area contributed by atoms with Crippen LogP contribution in [-0.2, 0) is 0 Å². The van der Waals surface area contributed by atoms with Gasteiger partial charge in [0, 0.05) is 23.9 Å². The zero-order valence-electron chi connectivity index (χ0n) is 10.6. The molecule has 94 valence electrons. The second-order valence-electron chi connectivity index (χ2n) is 4.09. The van der Waals surface area contributed by atoms with Crippen molar-refractivity contribution in [2.75, 3.05) is 12.3 Å². The Hall–Kier alpha value is -2.16. The molecule has 0 heterocycles. The molecular weight excluding hydrogens is 226 g/mol. The van der Waals surface area contributed by atoms with Crippen LogP contribution in [-0.4, -0.2) is 6.61 Å². The van der Waals surface area contributed by atoms with E-state index in [1.54, 1.807) is 12.1 Å². The van der Waals surface area contributed by atoms with Gasteiger partial charge < -0.3 is 15.2 Å². The van der Waals surface area contributed by atoms with Gasteiger partial charge >= 0.3 is 0 Å². The minimum atomic E-state index is 0.605. The van der Waals surface area contributed by atoms with E-state index in [0.717, 1.165) is 17.1 Å². The number of nitrogen functional groups attached to an aromatic ring is 1. The zero-order valence-corrected chi connectivity index (χ0v) is 10.6. The van der Waals surface area contributed by atoms with Crippen LogP contribution in [0.2, 0.25) is 0 Å². The summed E-state index contributed by atoms with van der Waals surface area (Å²) in [4.78, 5) is 0. The molecule has 0 aliphatic carbocycles. The van der Waals surface area contributed by atoms with Crippen LogP contribution >= 0.6 is 0 Å². The minimum Gasteiger partial charge on any atom is -0.494 e. The summed E-state index contributed by atoms with van der Waals surface area (Å²) in [5, 5.41) is 0. The summed E-state index contributed by atoms with van der Waals surface area (Å²) in [5.74, 6) is 2.20. The summed E-state index contributed by atoms with van der Waals surface area (Å²) < 4.78 is 11.2. The van der Waals surface area contributed by atoms with Gasteiger partial charge in [-0.25, -0.2) is 0 Å². The number of hydrogen-bond acceptors (Lipinski definition) is 3. The molecule has 0 aliphatic rings. The number of aryl methyl sites for hydroxylation is 1. The average molecular weight is 243 g/mol. The highest BCUT2D eigenvalue weighted by molar-refractivity contribution is 5.51. The molecule has 0 amide bonds. The lowest BCUT2D eigenvalue weighted by Gasteiger charge is -2.10. The van der Waals surface area contributed by atoms with Gasteiger partial charge in [-0.2, -0.15) is 0 Å². The molecule has 0 saturated carbocycles. The van der Waals surface area contributed by atoms with Gasteiger partial charge in [0.25, 0.3) is 0 Å². The van der Waals surface area contributed by atoms with Crippen molar-refractivity contribution in [3.8, 4) is 17.2 Å². The van der Waals surface area contributed by atoms with Gasteiger partial charge in [-0.1, -0.05) is 12.1 Å². The van der Waals surface area contributed by atoms with E-state index < -0.39 is 0 Å². The van der Waals surface area contributed by atoms with E-state index in [4.69, 9.17) is 15.2 Å². The molecule has 0 aromatic heterocycles. The Kier molecular flexibility index (Phi) is 3.72. The third kappa shape index (κ3) is 3.17. The van der Waals surface area contributed by atoms with Gasteiger partial charge in [0.05, 0.1) is 6.61 Å². The number of benzene rings is 2. The molecule has 0 bridgehead atoms. The predicted octanol–water partition coefficient (Wildman–Crippen LogP) is 3.77. The SMILES string of the molecule is CCOc1cc(N)cc(Oc2cccc(C)c2)c1. The molecule has 0 aliphatic heterocycles. The summed E-state index contributed by atoms with van der Waals surface area (Å²) in [7, 11) is 0. The van der Waals surface area contributed by atoms with Gasteiger partial charge in [-0.3, -0.25) is 0 Å². The fourth-order valence-corrected chi connectivity index (χ4v) is 1.72. The molecule has 2 aromatic rings. The maximum absolute atomic E-state index is 5.81. The largest absolute Gasteiger partial charge is 0.494 e. The summed E-state index contributed by atoms with van der Waals surface area (Å²) in [5.41, 5.74) is 7.60. The second kappa shape index (κ2) is 5.45. The number of hydrogen-bond donors (Lipinski definition) is 1. The van der Waals surface area contributed by atoms with Crippen molar-refractivity contribution in [2.24, 2.45) is 0 Å². The number of nitrogens with two attached hydrogens (primary N) is 1. The van der Waals surface area contributed by atoms with Gasteiger partial charge in [0.15, 0.2) is 0 Å². The Morgan fingerprint density at radius 2 is 1.78 bits per heavy atom. The van der Waals surface area contributed by atoms with Gasteiger partial charge in [0.2, 0.25) is 0 Å². The van der Waals surface area contributed by atoms with Crippen LogP contribution in [0.25, 0.3) is 0 Å². The van der Waals surface area contributed by atoms with Gasteiger partial charge in [-0.05, 0) is 31.5 Å². The Balaban J connectivity index is 2.23. The van der Waals surface area contributed by atoms with E-state index in [9.17, 15) is 0 Å². The molecule has 3 heteroatoms. The Bertz CT molecular complexity index is 538. The standard InChI is InChI=1S/C15H17NO2/c1-3-17-14-8-12(16)9-15(10-14)18-13-6-4-5-11(2)7-13/h4-10H,3,16H2,1-2H3. The first-order chi connectivity index (χ1) is 8.67. The van der Waals surface area contributed by atoms with Gasteiger partial charge in [0.1, 0.15) is 17.2 Å². The van der Waals surface area contributed by atoms with Crippen LogP contribution in [0.5, 0.6) is 17.2 Å². The van der Waals surface area contributed by atoms with Crippen LogP contribution in [0.4, 0.5) is 5.69 Å². The molecular formula is C15H17NO2. The highest BCUT2D eigenvalue weighted by Gasteiger charge is 2.02. The van der Waals surface area contributed by atoms with Crippen LogP contribution in [0.1, 0.15) is 12.5 Å². The first-order valence-corrected chi connectivity index (χ1v) is 5.95. The summed E-state index contributed by atoms with van der Waals surface area (Å²) in [6.45, 7) is 4.56. The molecule has 0 saturated heterocycles. The lowest BCUT2D eigenvalue weighted by atomic mass is 10.2. The van der Waals surface area contributed by atoms with E-state index in [0.29, 0.717) is 18.0 Å². The van der Waals surface area contributed by atoms with Crippen molar-refractivity contribution in [2.45, 2.75) is 13.8 Å². The molecule has 18 heavy (non-hydrogen) atoms. The summed E-state index contributed by atoms with van der Waals surface area (Å²) in [6, 6.07) is 13.3. The molecule has 0 fully saturated rings. The predicted molar refractivity (Wildman–Crippen MR) is 73.3 cm³/mol. The quantitative estimate of drug-likeness (QED) is 0.831. The van der Waals surface area contributed by atoms with Crippen molar-refractivity contribution in [3.63, 3.8) is 0 Å². The summed E-state index contributed by atoms with van der Waals surface area (Å²) >= 11 is 0. The highest BCUT2D eigenvalue weighted by Crippen LogP contribution is 2.28. The van der Waals surface area contributed by atoms with E-state index in [2.05, 4.69) is 0 Å². The number of ether oxygens (including phenoxy) is 2. The minimum absolute atomic E-state index is 0.605. The first kappa shape index (κ1) is 12.3. The molecule has 0 spiro atoms. The fourth-order valence-electron chi connectivity index (χ4n) is 1.72. The van der Waals surface area contributed by atoms with Crippen molar-refractivity contribution in [3.05, 3.63) is 48.0 Å². The summed E-state index contributed by atoms with van der Waals surface area (Å²) in [6.07, 6.45) is 0. The van der Waals surface area contributed by atoms with Crippen molar-refractivity contribution < 1.29 is 9.47 Å². The smallest absolute Gasteiger partial charge is 0.133 e. The zero-order chi connectivity index (χ0) is 13.0. The average Bonchev–Trinajstić information content (AvgIpc) is 2.28. The number of anilines is 1. The molecule has 2 N–H and O–H groups in total. The van der Waals surface area contributed by atoms with E-state index in [1.165, 1.54) is 0 Å². The van der Waals surface area contributed by atoms with E-state index >= 15 is 0 Å². The lowest BCUT2D eigenvalue weighted by Crippen LogP contribution is -1.94. The van der Waals surface area contributed by atoms with Crippen molar-refractivity contribution in [1.82, 2.24) is 0 Å². The van der Waals surface area contributed by atoms with Crippen LogP contribution in [0, 0.1) is 6.92 Å². The number of rotatable bonds is 4. The maximum Gasteiger partial charge on any atom is 0.133 e. The highest BCUT2D eigenvalue weighted by atomic mass is 16.5. The van der Waals surface area contributed by atoms with Crippen LogP contribution in [0.3, 0.4) is 0 Å². The maximum atomic E-state index is 5.81. The normalized spacial score (nSPS) is 10.1. The molecule has 0 radical (unpaired) electrons. The topological polar surface area (TPSA) is 44.5 Å². The lowest BCUT2D eigenvalue weighted by molar-refractivity contribution is 0.338. The third-order valence-electron chi connectivity index (χ3n) is 2.44.